The minimum absolute atomic E-state index is 0.451. The molecule has 5 heteroatoms. The monoisotopic (exact) mass is 228 g/mol. The topological polar surface area (TPSA) is 67.5 Å². The molecular formula is C11H20N2O3. The van der Waals surface area contributed by atoms with Gasteiger partial charge in [-0.05, 0) is 20.3 Å². The number of rotatable bonds is 5. The molecule has 0 saturated carbocycles. The molecule has 1 aromatic rings. The Morgan fingerprint density at radius 2 is 2.19 bits per heavy atom. The smallest absolute Gasteiger partial charge is 0.162 e. The number of aliphatic hydroxyl groups is 2. The van der Waals surface area contributed by atoms with E-state index in [-0.39, 0.29) is 0 Å². The summed E-state index contributed by atoms with van der Waals surface area (Å²) in [4.78, 5) is 0. The Balaban J connectivity index is 3.14. The van der Waals surface area contributed by atoms with E-state index in [0.717, 1.165) is 0 Å². The van der Waals surface area contributed by atoms with Crippen LogP contribution in [0.2, 0.25) is 0 Å². The average Bonchev–Trinajstić information content (AvgIpc) is 2.70. The standard InChI is InChI=1S/C11H20N2O3/c1-5-11(3,15)10(14)9-8(16-4)7-12-13(9)6-2/h7,10,14-15H,5-6H2,1-4H3. The first-order valence-corrected chi connectivity index (χ1v) is 5.48. The Hall–Kier alpha value is -1.07. The number of hydrogen-bond donors (Lipinski definition) is 2. The molecule has 2 unspecified atom stereocenters. The van der Waals surface area contributed by atoms with Crippen molar-refractivity contribution in [1.82, 2.24) is 9.78 Å². The summed E-state index contributed by atoms with van der Waals surface area (Å²) in [6.07, 6.45) is 0.995. The highest BCUT2D eigenvalue weighted by molar-refractivity contribution is 5.29. The molecule has 0 aliphatic heterocycles. The molecule has 0 aliphatic carbocycles. The van der Waals surface area contributed by atoms with Crippen LogP contribution in [0.1, 0.15) is 39.0 Å². The summed E-state index contributed by atoms with van der Waals surface area (Å²) in [5.74, 6) is 0.503. The van der Waals surface area contributed by atoms with E-state index in [9.17, 15) is 10.2 Å². The van der Waals surface area contributed by atoms with Gasteiger partial charge in [-0.25, -0.2) is 0 Å². The quantitative estimate of drug-likeness (QED) is 0.792. The molecule has 0 radical (unpaired) electrons. The van der Waals surface area contributed by atoms with Gasteiger partial charge in [0.25, 0.3) is 0 Å². The average molecular weight is 228 g/mol. The Labute approximate surface area is 95.7 Å². The fourth-order valence-corrected chi connectivity index (χ4v) is 1.55. The maximum atomic E-state index is 10.2. The van der Waals surface area contributed by atoms with Gasteiger partial charge in [0, 0.05) is 6.54 Å². The molecule has 2 N–H and O–H groups in total. The number of ether oxygens (including phenoxy) is 1. The van der Waals surface area contributed by atoms with E-state index in [1.54, 1.807) is 17.8 Å². The second kappa shape index (κ2) is 4.84. The molecule has 0 aliphatic rings. The summed E-state index contributed by atoms with van der Waals surface area (Å²) >= 11 is 0. The van der Waals surface area contributed by atoms with Gasteiger partial charge >= 0.3 is 0 Å². The van der Waals surface area contributed by atoms with Crippen LogP contribution in [0.3, 0.4) is 0 Å². The van der Waals surface area contributed by atoms with Crippen LogP contribution in [-0.4, -0.2) is 32.7 Å². The van der Waals surface area contributed by atoms with Gasteiger partial charge in [0.1, 0.15) is 11.8 Å². The Morgan fingerprint density at radius 1 is 1.56 bits per heavy atom. The third-order valence-corrected chi connectivity index (χ3v) is 2.93. The zero-order chi connectivity index (χ0) is 12.3. The molecule has 16 heavy (non-hydrogen) atoms. The van der Waals surface area contributed by atoms with Gasteiger partial charge in [-0.15, -0.1) is 0 Å². The van der Waals surface area contributed by atoms with E-state index in [4.69, 9.17) is 4.74 Å². The van der Waals surface area contributed by atoms with Crippen LogP contribution in [0.15, 0.2) is 6.20 Å². The lowest BCUT2D eigenvalue weighted by molar-refractivity contribution is -0.0704. The first-order valence-electron chi connectivity index (χ1n) is 5.48. The number of methoxy groups -OCH3 is 1. The van der Waals surface area contributed by atoms with Gasteiger partial charge in [-0.2, -0.15) is 5.10 Å². The second-order valence-corrected chi connectivity index (χ2v) is 4.03. The molecule has 0 spiro atoms. The summed E-state index contributed by atoms with van der Waals surface area (Å²) in [7, 11) is 1.52. The normalized spacial score (nSPS) is 16.9. The number of nitrogens with zero attached hydrogens (tertiary/aromatic N) is 2. The largest absolute Gasteiger partial charge is 0.493 e. The van der Waals surface area contributed by atoms with Crippen molar-refractivity contribution in [2.24, 2.45) is 0 Å². The zero-order valence-electron chi connectivity index (χ0n) is 10.3. The summed E-state index contributed by atoms with van der Waals surface area (Å²) in [5.41, 5.74) is -0.655. The SMILES string of the molecule is CCn1ncc(OC)c1C(O)C(C)(O)CC. The van der Waals surface area contributed by atoms with E-state index in [0.29, 0.717) is 24.4 Å². The van der Waals surface area contributed by atoms with Gasteiger partial charge in [0.05, 0.1) is 18.9 Å². The Kier molecular flexibility index (Phi) is 3.93. The summed E-state index contributed by atoms with van der Waals surface area (Å²) < 4.78 is 6.77. The minimum Gasteiger partial charge on any atom is -0.493 e. The van der Waals surface area contributed by atoms with Gasteiger partial charge in [-0.3, -0.25) is 4.68 Å². The molecule has 0 saturated heterocycles. The van der Waals surface area contributed by atoms with Crippen LogP contribution in [-0.2, 0) is 6.54 Å². The highest BCUT2D eigenvalue weighted by atomic mass is 16.5. The molecule has 1 rings (SSSR count). The van der Waals surface area contributed by atoms with Crippen LogP contribution in [0.4, 0.5) is 0 Å². The lowest BCUT2D eigenvalue weighted by Gasteiger charge is -2.28. The number of aliphatic hydroxyl groups excluding tert-OH is 1. The second-order valence-electron chi connectivity index (χ2n) is 4.03. The molecule has 92 valence electrons. The number of hydrogen-bond acceptors (Lipinski definition) is 4. The molecule has 2 atom stereocenters. The summed E-state index contributed by atoms with van der Waals surface area (Å²) in [6.45, 7) is 5.96. The fraction of sp³-hybridized carbons (Fsp3) is 0.727. The molecule has 0 fully saturated rings. The summed E-state index contributed by atoms with van der Waals surface area (Å²) in [5, 5.41) is 24.3. The minimum atomic E-state index is -1.18. The van der Waals surface area contributed by atoms with Crippen LogP contribution in [0.5, 0.6) is 5.75 Å². The lowest BCUT2D eigenvalue weighted by atomic mass is 9.93. The van der Waals surface area contributed by atoms with Crippen molar-refractivity contribution in [3.05, 3.63) is 11.9 Å². The highest BCUT2D eigenvalue weighted by Gasteiger charge is 2.34. The van der Waals surface area contributed by atoms with Gasteiger partial charge < -0.3 is 14.9 Å². The van der Waals surface area contributed by atoms with Crippen LogP contribution >= 0.6 is 0 Å². The highest BCUT2D eigenvalue weighted by Crippen LogP contribution is 2.33. The molecule has 1 heterocycles. The predicted octanol–water partition coefficient (Wildman–Crippen LogP) is 1.11. The Morgan fingerprint density at radius 3 is 2.62 bits per heavy atom. The third kappa shape index (κ3) is 2.20. The van der Waals surface area contributed by atoms with E-state index >= 15 is 0 Å². The fourth-order valence-electron chi connectivity index (χ4n) is 1.55. The molecule has 5 nitrogen and oxygen atoms in total. The van der Waals surface area contributed by atoms with Gasteiger partial charge in [-0.1, -0.05) is 6.92 Å². The number of aryl methyl sites for hydroxylation is 1. The first-order chi connectivity index (χ1) is 7.47. The van der Waals surface area contributed by atoms with Gasteiger partial charge in [0.2, 0.25) is 0 Å². The van der Waals surface area contributed by atoms with Crippen molar-refractivity contribution >= 4 is 0 Å². The lowest BCUT2D eigenvalue weighted by Crippen LogP contribution is -2.33. The maximum Gasteiger partial charge on any atom is 0.162 e. The van der Waals surface area contributed by atoms with Crippen molar-refractivity contribution in [2.45, 2.75) is 45.4 Å². The molecular weight excluding hydrogens is 208 g/mol. The van der Waals surface area contributed by atoms with Crippen molar-refractivity contribution < 1.29 is 14.9 Å². The third-order valence-electron chi connectivity index (χ3n) is 2.93. The van der Waals surface area contributed by atoms with Gasteiger partial charge in [0.15, 0.2) is 5.75 Å². The van der Waals surface area contributed by atoms with Crippen molar-refractivity contribution in [1.29, 1.82) is 0 Å². The van der Waals surface area contributed by atoms with Crippen molar-refractivity contribution in [3.63, 3.8) is 0 Å². The molecule has 1 aromatic heterocycles. The van der Waals surface area contributed by atoms with Crippen molar-refractivity contribution in [2.75, 3.05) is 7.11 Å². The van der Waals surface area contributed by atoms with E-state index in [2.05, 4.69) is 5.10 Å². The molecule has 0 amide bonds. The van der Waals surface area contributed by atoms with E-state index in [1.807, 2.05) is 13.8 Å². The molecule has 0 aromatic carbocycles. The van der Waals surface area contributed by atoms with Crippen LogP contribution in [0.25, 0.3) is 0 Å². The van der Waals surface area contributed by atoms with Crippen molar-refractivity contribution in [3.8, 4) is 5.75 Å². The summed E-state index contributed by atoms with van der Waals surface area (Å²) in [6, 6.07) is 0. The van der Waals surface area contributed by atoms with E-state index < -0.39 is 11.7 Å². The maximum absolute atomic E-state index is 10.2. The molecule has 0 bridgehead atoms. The Bertz CT molecular complexity index is 325. The zero-order valence-corrected chi connectivity index (χ0v) is 10.3. The number of aromatic nitrogens is 2. The van der Waals surface area contributed by atoms with Crippen LogP contribution < -0.4 is 4.74 Å². The van der Waals surface area contributed by atoms with Crippen LogP contribution in [0, 0.1) is 0 Å². The first kappa shape index (κ1) is 13.0. The predicted molar refractivity (Wildman–Crippen MR) is 60.3 cm³/mol. The van der Waals surface area contributed by atoms with E-state index in [1.165, 1.54) is 7.11 Å².